The Morgan fingerprint density at radius 1 is 1.28 bits per heavy atom. The summed E-state index contributed by atoms with van der Waals surface area (Å²) in [5, 5.41) is 0. The van der Waals surface area contributed by atoms with Crippen LogP contribution in [0, 0.1) is 0 Å². The third-order valence-electron chi connectivity index (χ3n) is 3.17. The first-order chi connectivity index (χ1) is 8.78. The smallest absolute Gasteiger partial charge is 0.231 e. The van der Waals surface area contributed by atoms with Crippen molar-refractivity contribution < 1.29 is 23.7 Å². The summed E-state index contributed by atoms with van der Waals surface area (Å²) in [6, 6.07) is 5.42. The minimum atomic E-state index is -0.571. The van der Waals surface area contributed by atoms with Crippen LogP contribution in [0.1, 0.15) is 24.5 Å². The predicted molar refractivity (Wildman–Crippen MR) is 61.4 cm³/mol. The number of hydrogen-bond acceptors (Lipinski definition) is 5. The molecule has 96 valence electrons. The number of hydrogen-bond donors (Lipinski definition) is 0. The number of methoxy groups -OCH3 is 1. The molecule has 5 heteroatoms. The zero-order valence-corrected chi connectivity index (χ0v) is 10.0. The Labute approximate surface area is 105 Å². The van der Waals surface area contributed by atoms with Gasteiger partial charge in [-0.1, -0.05) is 6.07 Å². The topological polar surface area (TPSA) is 54.0 Å². The van der Waals surface area contributed by atoms with Crippen molar-refractivity contribution in [1.29, 1.82) is 0 Å². The minimum absolute atomic E-state index is 0.0714. The molecule has 0 aromatic heterocycles. The van der Waals surface area contributed by atoms with Crippen LogP contribution in [0.2, 0.25) is 0 Å². The molecule has 0 radical (unpaired) electrons. The van der Waals surface area contributed by atoms with E-state index < -0.39 is 6.10 Å². The molecular formula is C13H14O5. The van der Waals surface area contributed by atoms with Gasteiger partial charge in [-0.05, 0) is 17.7 Å². The van der Waals surface area contributed by atoms with E-state index in [1.165, 1.54) is 0 Å². The van der Waals surface area contributed by atoms with Gasteiger partial charge in [0.05, 0.1) is 0 Å². The van der Waals surface area contributed by atoms with Crippen LogP contribution in [0.5, 0.6) is 11.5 Å². The highest BCUT2D eigenvalue weighted by molar-refractivity contribution is 5.85. The van der Waals surface area contributed by atoms with Gasteiger partial charge in [0.15, 0.2) is 23.6 Å². The number of ether oxygens (including phenoxy) is 4. The van der Waals surface area contributed by atoms with Gasteiger partial charge in [-0.2, -0.15) is 0 Å². The van der Waals surface area contributed by atoms with Crippen molar-refractivity contribution in [3.63, 3.8) is 0 Å². The maximum absolute atomic E-state index is 11.9. The Balaban J connectivity index is 1.86. The summed E-state index contributed by atoms with van der Waals surface area (Å²) < 4.78 is 21.3. The van der Waals surface area contributed by atoms with E-state index in [2.05, 4.69) is 0 Å². The molecule has 1 aromatic carbocycles. The Morgan fingerprint density at radius 2 is 2.11 bits per heavy atom. The number of Topliss-reactive ketones (excluding diaryl/α,β-unsaturated/α-hetero) is 1. The summed E-state index contributed by atoms with van der Waals surface area (Å²) in [5.74, 6) is 1.43. The van der Waals surface area contributed by atoms with Gasteiger partial charge in [0.1, 0.15) is 6.10 Å². The van der Waals surface area contributed by atoms with E-state index in [9.17, 15) is 4.79 Å². The van der Waals surface area contributed by atoms with E-state index in [-0.39, 0.29) is 18.9 Å². The summed E-state index contributed by atoms with van der Waals surface area (Å²) in [4.78, 5) is 11.9. The second kappa shape index (κ2) is 4.59. The first kappa shape index (κ1) is 11.5. The van der Waals surface area contributed by atoms with Crippen molar-refractivity contribution in [1.82, 2.24) is 0 Å². The van der Waals surface area contributed by atoms with Crippen molar-refractivity contribution >= 4 is 5.78 Å². The van der Waals surface area contributed by atoms with Gasteiger partial charge in [0.2, 0.25) is 6.79 Å². The molecule has 2 aliphatic rings. The van der Waals surface area contributed by atoms with Crippen LogP contribution >= 0.6 is 0 Å². The third kappa shape index (κ3) is 1.95. The molecule has 1 aromatic rings. The lowest BCUT2D eigenvalue weighted by atomic mass is 9.99. The highest BCUT2D eigenvalue weighted by Gasteiger charge is 2.31. The normalized spacial score (nSPS) is 26.4. The average Bonchev–Trinajstić information content (AvgIpc) is 2.86. The van der Waals surface area contributed by atoms with Crippen molar-refractivity contribution in [2.75, 3.05) is 13.9 Å². The van der Waals surface area contributed by atoms with Gasteiger partial charge in [-0.3, -0.25) is 4.79 Å². The van der Waals surface area contributed by atoms with E-state index in [4.69, 9.17) is 18.9 Å². The quantitative estimate of drug-likeness (QED) is 0.801. The molecule has 0 aliphatic carbocycles. The lowest BCUT2D eigenvalue weighted by Gasteiger charge is -2.28. The van der Waals surface area contributed by atoms with Crippen LogP contribution in [0.4, 0.5) is 0 Å². The summed E-state index contributed by atoms with van der Waals surface area (Å²) in [5.41, 5.74) is 0.783. The molecule has 18 heavy (non-hydrogen) atoms. The van der Waals surface area contributed by atoms with Crippen molar-refractivity contribution in [2.24, 2.45) is 0 Å². The lowest BCUT2D eigenvalue weighted by Crippen LogP contribution is -2.30. The van der Waals surface area contributed by atoms with Gasteiger partial charge in [-0.15, -0.1) is 0 Å². The second-order valence-electron chi connectivity index (χ2n) is 4.30. The number of carbonyl (C=O) groups is 1. The molecule has 3 rings (SSSR count). The maximum Gasteiger partial charge on any atom is 0.231 e. The largest absolute Gasteiger partial charge is 0.454 e. The Morgan fingerprint density at radius 3 is 2.94 bits per heavy atom. The molecule has 1 saturated heterocycles. The van der Waals surface area contributed by atoms with Crippen LogP contribution in [-0.2, 0) is 14.3 Å². The molecule has 2 atom stereocenters. The summed E-state index contributed by atoms with van der Waals surface area (Å²) in [6.45, 7) is 0.221. The zero-order chi connectivity index (χ0) is 12.5. The van der Waals surface area contributed by atoms with E-state index >= 15 is 0 Å². The lowest BCUT2D eigenvalue weighted by molar-refractivity contribution is -0.187. The van der Waals surface area contributed by atoms with Gasteiger partial charge in [0.25, 0.3) is 0 Å². The van der Waals surface area contributed by atoms with Crippen LogP contribution in [0.15, 0.2) is 18.2 Å². The maximum atomic E-state index is 11.9. The van der Waals surface area contributed by atoms with Crippen LogP contribution in [0.25, 0.3) is 0 Å². The van der Waals surface area contributed by atoms with E-state index in [1.807, 2.05) is 6.07 Å². The number of fused-ring (bicyclic) bond motifs is 1. The highest BCUT2D eigenvalue weighted by Crippen LogP contribution is 2.37. The molecule has 2 aliphatic heterocycles. The molecule has 0 bridgehead atoms. The van der Waals surface area contributed by atoms with Crippen molar-refractivity contribution in [3.8, 4) is 11.5 Å². The number of rotatable bonds is 2. The van der Waals surface area contributed by atoms with Gasteiger partial charge in [0, 0.05) is 20.0 Å². The minimum Gasteiger partial charge on any atom is -0.454 e. The fraction of sp³-hybridized carbons (Fsp3) is 0.462. The summed E-state index contributed by atoms with van der Waals surface area (Å²) in [6.07, 6.45) is 0.185. The number of benzene rings is 1. The van der Waals surface area contributed by atoms with Gasteiger partial charge in [-0.25, -0.2) is 0 Å². The van der Waals surface area contributed by atoms with Crippen LogP contribution in [-0.4, -0.2) is 26.0 Å². The SMILES string of the molecule is COC1CCC(=O)C(c2ccc3c(c2)OCO3)O1. The van der Waals surface area contributed by atoms with Crippen molar-refractivity contribution in [3.05, 3.63) is 23.8 Å². The van der Waals surface area contributed by atoms with Crippen molar-refractivity contribution in [2.45, 2.75) is 25.2 Å². The molecule has 5 nitrogen and oxygen atoms in total. The zero-order valence-electron chi connectivity index (χ0n) is 10.0. The summed E-state index contributed by atoms with van der Waals surface area (Å²) in [7, 11) is 1.58. The monoisotopic (exact) mass is 250 g/mol. The highest BCUT2D eigenvalue weighted by atomic mass is 16.7. The molecule has 0 saturated carbocycles. The fourth-order valence-electron chi connectivity index (χ4n) is 2.20. The molecule has 1 fully saturated rings. The Kier molecular flexibility index (Phi) is 2.93. The standard InChI is InChI=1S/C13H14O5/c1-15-12-5-3-9(14)13(18-12)8-2-4-10-11(6-8)17-7-16-10/h2,4,6,12-13H,3,5,7H2,1H3. The van der Waals surface area contributed by atoms with Gasteiger partial charge < -0.3 is 18.9 Å². The van der Waals surface area contributed by atoms with E-state index in [0.717, 1.165) is 5.56 Å². The predicted octanol–water partition coefficient (Wildman–Crippen LogP) is 1.81. The molecule has 0 amide bonds. The Bertz CT molecular complexity index is 470. The second-order valence-corrected chi connectivity index (χ2v) is 4.30. The first-order valence-corrected chi connectivity index (χ1v) is 5.88. The van der Waals surface area contributed by atoms with Crippen LogP contribution < -0.4 is 9.47 Å². The molecular weight excluding hydrogens is 236 g/mol. The summed E-state index contributed by atoms with van der Waals surface area (Å²) >= 11 is 0. The number of ketones is 1. The average molecular weight is 250 g/mol. The Hall–Kier alpha value is -1.59. The van der Waals surface area contributed by atoms with Crippen LogP contribution in [0.3, 0.4) is 0 Å². The molecule has 0 N–H and O–H groups in total. The fourth-order valence-corrected chi connectivity index (χ4v) is 2.20. The molecule has 2 heterocycles. The number of carbonyl (C=O) groups excluding carboxylic acids is 1. The van der Waals surface area contributed by atoms with E-state index in [1.54, 1.807) is 19.2 Å². The van der Waals surface area contributed by atoms with Gasteiger partial charge >= 0.3 is 0 Å². The first-order valence-electron chi connectivity index (χ1n) is 5.88. The molecule has 2 unspecified atom stereocenters. The molecule has 0 spiro atoms. The third-order valence-corrected chi connectivity index (χ3v) is 3.17. The van der Waals surface area contributed by atoms with E-state index in [0.29, 0.717) is 24.3 Å².